The molecule has 0 amide bonds. The van der Waals surface area contributed by atoms with Crippen molar-refractivity contribution in [2.75, 3.05) is 12.4 Å². The fraction of sp³-hybridized carbons (Fsp3) is 0.190. The summed E-state index contributed by atoms with van der Waals surface area (Å²) in [5.74, 6) is -0.797. The molecule has 0 radical (unpaired) electrons. The summed E-state index contributed by atoms with van der Waals surface area (Å²) in [6.45, 7) is 2.06. The van der Waals surface area contributed by atoms with E-state index in [1.54, 1.807) is 24.3 Å². The Balaban J connectivity index is 1.92. The van der Waals surface area contributed by atoms with Crippen LogP contribution in [0.25, 0.3) is 0 Å². The molecule has 0 bridgehead atoms. The molecular formula is C21H18ClN5O3. The number of carbonyl (C=O) groups excluding carboxylic acids is 2. The van der Waals surface area contributed by atoms with Gasteiger partial charge in [0.05, 0.1) is 12.7 Å². The van der Waals surface area contributed by atoms with Gasteiger partial charge in [-0.1, -0.05) is 47.9 Å². The van der Waals surface area contributed by atoms with Gasteiger partial charge in [-0.15, -0.1) is 0 Å². The van der Waals surface area contributed by atoms with Crippen molar-refractivity contribution in [1.82, 2.24) is 20.2 Å². The maximum absolute atomic E-state index is 13.5. The molecular weight excluding hydrogens is 406 g/mol. The van der Waals surface area contributed by atoms with Crippen molar-refractivity contribution in [3.63, 3.8) is 0 Å². The third-order valence-electron chi connectivity index (χ3n) is 4.96. The molecule has 0 spiro atoms. The molecule has 0 unspecified atom stereocenters. The molecule has 4 rings (SSSR count). The Morgan fingerprint density at radius 3 is 2.47 bits per heavy atom. The summed E-state index contributed by atoms with van der Waals surface area (Å²) >= 11 is 5.97. The Hall–Kier alpha value is -3.52. The molecule has 0 saturated heterocycles. The fourth-order valence-electron chi connectivity index (χ4n) is 3.39. The lowest BCUT2D eigenvalue weighted by atomic mass is 9.89. The number of aryl methyl sites for hydroxylation is 1. The number of benzene rings is 2. The summed E-state index contributed by atoms with van der Waals surface area (Å²) in [7, 11) is 1.25. The van der Waals surface area contributed by atoms with Crippen LogP contribution in [0.3, 0.4) is 0 Å². The number of halogens is 1. The second-order valence-electron chi connectivity index (χ2n) is 6.69. The minimum atomic E-state index is -0.709. The zero-order chi connectivity index (χ0) is 21.3. The first-order valence-electron chi connectivity index (χ1n) is 9.30. The second kappa shape index (κ2) is 8.08. The molecule has 3 aromatic rings. The van der Waals surface area contributed by atoms with Gasteiger partial charge in [0.25, 0.3) is 0 Å². The van der Waals surface area contributed by atoms with Crippen LogP contribution in [0.2, 0.25) is 5.02 Å². The summed E-state index contributed by atoms with van der Waals surface area (Å²) < 4.78 is 6.41. The number of nitrogens with one attached hydrogen (secondary N) is 1. The second-order valence-corrected chi connectivity index (χ2v) is 7.12. The minimum Gasteiger partial charge on any atom is -0.464 e. The molecule has 8 nitrogen and oxygen atoms in total. The number of ketones is 1. The molecule has 0 fully saturated rings. The summed E-state index contributed by atoms with van der Waals surface area (Å²) in [5, 5.41) is 15.0. The van der Waals surface area contributed by atoms with Crippen molar-refractivity contribution >= 4 is 29.3 Å². The largest absolute Gasteiger partial charge is 0.464 e. The number of allylic oxidation sites excluding steroid dienone is 1. The predicted octanol–water partition coefficient (Wildman–Crippen LogP) is 3.21. The number of tetrazole rings is 1. The van der Waals surface area contributed by atoms with E-state index < -0.39 is 12.0 Å². The van der Waals surface area contributed by atoms with E-state index in [4.69, 9.17) is 16.3 Å². The molecule has 0 saturated carbocycles. The summed E-state index contributed by atoms with van der Waals surface area (Å²) in [6.07, 6.45) is 0.877. The van der Waals surface area contributed by atoms with Crippen molar-refractivity contribution in [3.8, 4) is 0 Å². The number of hydrogen-bond acceptors (Lipinski definition) is 7. The lowest BCUT2D eigenvalue weighted by Crippen LogP contribution is -2.32. The number of hydrogen-bond donors (Lipinski definition) is 1. The fourth-order valence-corrected chi connectivity index (χ4v) is 3.51. The number of nitrogens with zero attached hydrogens (tertiary/aromatic N) is 4. The van der Waals surface area contributed by atoms with Crippen molar-refractivity contribution < 1.29 is 14.3 Å². The average molecular weight is 424 g/mol. The van der Waals surface area contributed by atoms with Gasteiger partial charge >= 0.3 is 5.97 Å². The van der Waals surface area contributed by atoms with Crippen LogP contribution in [0, 0.1) is 0 Å². The van der Waals surface area contributed by atoms with Crippen LogP contribution in [0.15, 0.2) is 59.8 Å². The zero-order valence-electron chi connectivity index (χ0n) is 16.3. The van der Waals surface area contributed by atoms with E-state index in [0.717, 1.165) is 17.5 Å². The molecule has 1 atom stereocenters. The van der Waals surface area contributed by atoms with Crippen LogP contribution in [0.4, 0.5) is 5.95 Å². The third kappa shape index (κ3) is 3.46. The highest BCUT2D eigenvalue weighted by atomic mass is 35.5. The van der Waals surface area contributed by atoms with Gasteiger partial charge in [-0.25, -0.2) is 4.79 Å². The van der Waals surface area contributed by atoms with Gasteiger partial charge in [-0.05, 0) is 52.2 Å². The Kier molecular flexibility index (Phi) is 5.33. The Morgan fingerprint density at radius 1 is 1.13 bits per heavy atom. The van der Waals surface area contributed by atoms with Crippen LogP contribution < -0.4 is 5.32 Å². The van der Waals surface area contributed by atoms with Gasteiger partial charge in [0, 0.05) is 10.6 Å². The summed E-state index contributed by atoms with van der Waals surface area (Å²) in [5.41, 5.74) is 2.48. The van der Waals surface area contributed by atoms with Gasteiger partial charge in [-0.2, -0.15) is 4.68 Å². The highest BCUT2D eigenvalue weighted by Crippen LogP contribution is 2.36. The first kappa shape index (κ1) is 19.8. The van der Waals surface area contributed by atoms with E-state index >= 15 is 0 Å². The van der Waals surface area contributed by atoms with Crippen LogP contribution in [-0.4, -0.2) is 39.1 Å². The smallest absolute Gasteiger partial charge is 0.355 e. The van der Waals surface area contributed by atoms with Gasteiger partial charge < -0.3 is 10.1 Å². The maximum Gasteiger partial charge on any atom is 0.355 e. The van der Waals surface area contributed by atoms with E-state index in [9.17, 15) is 9.59 Å². The van der Waals surface area contributed by atoms with E-state index in [-0.39, 0.29) is 23.0 Å². The van der Waals surface area contributed by atoms with E-state index in [1.165, 1.54) is 11.8 Å². The van der Waals surface area contributed by atoms with Crippen LogP contribution in [0.5, 0.6) is 0 Å². The van der Waals surface area contributed by atoms with Crippen LogP contribution >= 0.6 is 11.6 Å². The number of anilines is 1. The quantitative estimate of drug-likeness (QED) is 0.496. The number of esters is 1. The number of aromatic nitrogens is 4. The number of fused-ring (bicyclic) bond motifs is 1. The molecule has 0 aliphatic carbocycles. The van der Waals surface area contributed by atoms with Crippen LogP contribution in [0.1, 0.15) is 34.5 Å². The standard InChI is InChI=1S/C21H18ClN5O3/c1-3-12-4-6-13(7-5-12)18-16(19(28)14-8-10-15(22)11-9-14)17(20(29)30-2)23-21-24-25-26-27(18)21/h4-11,18H,3H2,1-2H3,(H,23,24,26)/t18-/m0/s1. The monoisotopic (exact) mass is 423 g/mol. The number of methoxy groups -OCH3 is 1. The Bertz CT molecular complexity index is 1140. The summed E-state index contributed by atoms with van der Waals surface area (Å²) in [6, 6.07) is 13.5. The zero-order valence-corrected chi connectivity index (χ0v) is 17.1. The van der Waals surface area contributed by atoms with E-state index in [0.29, 0.717) is 10.6 Å². The highest BCUT2D eigenvalue weighted by Gasteiger charge is 2.38. The molecule has 2 heterocycles. The number of carbonyl (C=O) groups is 2. The molecule has 1 aromatic heterocycles. The molecule has 152 valence electrons. The Morgan fingerprint density at radius 2 is 1.83 bits per heavy atom. The third-order valence-corrected chi connectivity index (χ3v) is 5.21. The molecule has 9 heteroatoms. The lowest BCUT2D eigenvalue weighted by Gasteiger charge is -2.28. The molecule has 1 N–H and O–H groups in total. The SMILES string of the molecule is CCc1ccc([C@H]2C(C(=O)c3ccc(Cl)cc3)=C(C(=O)OC)Nc3nnnn32)cc1. The van der Waals surface area contributed by atoms with E-state index in [1.807, 2.05) is 24.3 Å². The molecule has 1 aliphatic heterocycles. The minimum absolute atomic E-state index is 0.00400. The molecule has 30 heavy (non-hydrogen) atoms. The van der Waals surface area contributed by atoms with Gasteiger partial charge in [0.2, 0.25) is 5.95 Å². The molecule has 1 aliphatic rings. The van der Waals surface area contributed by atoms with Crippen molar-refractivity contribution in [3.05, 3.63) is 81.5 Å². The number of ether oxygens (including phenoxy) is 1. The maximum atomic E-state index is 13.5. The van der Waals surface area contributed by atoms with Crippen molar-refractivity contribution in [1.29, 1.82) is 0 Å². The van der Waals surface area contributed by atoms with Gasteiger partial charge in [0.1, 0.15) is 11.7 Å². The normalized spacial score (nSPS) is 15.4. The van der Waals surface area contributed by atoms with E-state index in [2.05, 4.69) is 27.8 Å². The average Bonchev–Trinajstić information content (AvgIpc) is 3.26. The van der Waals surface area contributed by atoms with Crippen molar-refractivity contribution in [2.24, 2.45) is 0 Å². The van der Waals surface area contributed by atoms with Gasteiger partial charge in [-0.3, -0.25) is 4.79 Å². The first-order valence-corrected chi connectivity index (χ1v) is 9.67. The number of Topliss-reactive ketones (excluding diaryl/α,β-unsaturated/α-hetero) is 1. The molecule has 2 aromatic carbocycles. The van der Waals surface area contributed by atoms with Gasteiger partial charge in [0.15, 0.2) is 5.78 Å². The first-order chi connectivity index (χ1) is 14.5. The number of rotatable bonds is 5. The highest BCUT2D eigenvalue weighted by molar-refractivity contribution is 6.30. The lowest BCUT2D eigenvalue weighted by molar-refractivity contribution is -0.136. The Labute approximate surface area is 177 Å². The van der Waals surface area contributed by atoms with Crippen molar-refractivity contribution in [2.45, 2.75) is 19.4 Å². The van der Waals surface area contributed by atoms with Crippen LogP contribution in [-0.2, 0) is 16.0 Å². The summed E-state index contributed by atoms with van der Waals surface area (Å²) in [4.78, 5) is 26.1. The predicted molar refractivity (Wildman–Crippen MR) is 110 cm³/mol. The topological polar surface area (TPSA) is 99.0 Å².